The molecule has 0 unspecified atom stereocenters. The van der Waals surface area contributed by atoms with Gasteiger partial charge in [0.2, 0.25) is 0 Å². The van der Waals surface area contributed by atoms with Crippen molar-refractivity contribution >= 4 is 63.1 Å². The van der Waals surface area contributed by atoms with E-state index >= 15 is 0 Å². The van der Waals surface area contributed by atoms with E-state index in [-0.39, 0.29) is 5.41 Å². The Balaban J connectivity index is 0.981. The first-order chi connectivity index (χ1) is 28.0. The highest BCUT2D eigenvalue weighted by molar-refractivity contribution is 6.00. The van der Waals surface area contributed by atoms with Crippen molar-refractivity contribution in [2.24, 2.45) is 0 Å². The summed E-state index contributed by atoms with van der Waals surface area (Å²) in [5, 5.41) is 2.50. The van der Waals surface area contributed by atoms with Crippen LogP contribution in [0.1, 0.15) is 53.6 Å². The van der Waals surface area contributed by atoms with Crippen LogP contribution in [0.5, 0.6) is 0 Å². The molecule has 0 radical (unpaired) electrons. The van der Waals surface area contributed by atoms with E-state index < -0.39 is 0 Å². The summed E-state index contributed by atoms with van der Waals surface area (Å²) >= 11 is 0. The second-order valence-electron chi connectivity index (χ2n) is 15.7. The third kappa shape index (κ3) is 6.24. The molecule has 2 heteroatoms. The molecule has 2 aliphatic carbocycles. The van der Waals surface area contributed by atoms with Crippen LogP contribution < -0.4 is 9.80 Å². The van der Waals surface area contributed by atoms with Gasteiger partial charge in [-0.3, -0.25) is 0 Å². The summed E-state index contributed by atoms with van der Waals surface area (Å²) in [5.74, 6) is 0. The molecule has 2 nitrogen and oxygen atoms in total. The maximum absolute atomic E-state index is 2.51. The molecule has 0 saturated carbocycles. The predicted molar refractivity (Wildman–Crippen MR) is 244 cm³/mol. The van der Waals surface area contributed by atoms with Gasteiger partial charge in [-0.1, -0.05) is 159 Å². The maximum Gasteiger partial charge on any atom is 0.0540 e. The Morgan fingerprint density at radius 2 is 1.05 bits per heavy atom. The molecule has 0 heterocycles. The van der Waals surface area contributed by atoms with Crippen molar-refractivity contribution < 1.29 is 0 Å². The summed E-state index contributed by atoms with van der Waals surface area (Å²) in [7, 11) is 0. The number of anilines is 6. The zero-order chi connectivity index (χ0) is 38.3. The Morgan fingerprint density at radius 1 is 0.474 bits per heavy atom. The quantitative estimate of drug-likeness (QED) is 0.144. The molecule has 0 bridgehead atoms. The topological polar surface area (TPSA) is 6.48 Å². The standard InChI is InChI=1S/C55H44N2/c1-55(2)51-37-40(28-27-39-29-32-45(33-30-39)56(43-19-5-3-6-20-43)44-21-7-4-8-22-44)31-35-49(51)50-36-34-46(38-52(50)55)57(53-25-13-17-41-15-9-11-23-47(41)53)54-26-14-18-42-16-10-12-24-48(42)54/h3-11,13-23,25-38H,12,24H2,1-2H3/b28-27+. The van der Waals surface area contributed by atoms with Crippen molar-refractivity contribution in [3.05, 3.63) is 221 Å². The molecule has 0 fully saturated rings. The highest BCUT2D eigenvalue weighted by Crippen LogP contribution is 2.52. The smallest absolute Gasteiger partial charge is 0.0540 e. The lowest BCUT2D eigenvalue weighted by atomic mass is 9.81. The fraction of sp³-hybridized carbons (Fsp3) is 0.0909. The molecule has 0 atom stereocenters. The number of benzene rings is 8. The van der Waals surface area contributed by atoms with Gasteiger partial charge in [-0.25, -0.2) is 0 Å². The SMILES string of the molecule is CC1(C)c2cc(/C=C/c3ccc(N(c4ccccc4)c4ccccc4)cc3)ccc2-c2ccc(N(c3cccc4c3CCC=C4)c3cccc4ccccc34)cc21. The Hall–Kier alpha value is -6.90. The number of hydrogen-bond acceptors (Lipinski definition) is 2. The zero-order valence-corrected chi connectivity index (χ0v) is 32.4. The Bertz CT molecular complexity index is 2770. The number of rotatable bonds is 8. The number of allylic oxidation sites excluding steroid dienone is 1. The first-order valence-corrected chi connectivity index (χ1v) is 20.1. The molecule has 8 aromatic carbocycles. The van der Waals surface area contributed by atoms with Crippen LogP contribution in [0.25, 0.3) is 40.1 Å². The van der Waals surface area contributed by atoms with Gasteiger partial charge >= 0.3 is 0 Å². The predicted octanol–water partition coefficient (Wildman–Crippen LogP) is 15.2. The van der Waals surface area contributed by atoms with Gasteiger partial charge in [0.25, 0.3) is 0 Å². The zero-order valence-electron chi connectivity index (χ0n) is 32.4. The minimum Gasteiger partial charge on any atom is -0.311 e. The first-order valence-electron chi connectivity index (χ1n) is 20.1. The molecule has 10 rings (SSSR count). The Kier molecular flexibility index (Phi) is 8.68. The van der Waals surface area contributed by atoms with Gasteiger partial charge in [-0.2, -0.15) is 0 Å². The lowest BCUT2D eigenvalue weighted by Crippen LogP contribution is -2.17. The van der Waals surface area contributed by atoms with Gasteiger partial charge in [-0.05, 0) is 123 Å². The minimum absolute atomic E-state index is 0.173. The van der Waals surface area contributed by atoms with Crippen LogP contribution in [0.2, 0.25) is 0 Å². The molecule has 0 spiro atoms. The van der Waals surface area contributed by atoms with Crippen LogP contribution in [-0.2, 0) is 11.8 Å². The number of nitrogens with zero attached hydrogens (tertiary/aromatic N) is 2. The molecule has 0 aliphatic heterocycles. The van der Waals surface area contributed by atoms with E-state index in [1.165, 1.54) is 72.3 Å². The lowest BCUT2D eigenvalue weighted by Gasteiger charge is -2.31. The fourth-order valence-corrected chi connectivity index (χ4v) is 8.99. The first kappa shape index (κ1) is 34.6. The average Bonchev–Trinajstić information content (AvgIpc) is 3.49. The van der Waals surface area contributed by atoms with E-state index in [1.807, 2.05) is 0 Å². The third-order valence-corrected chi connectivity index (χ3v) is 11.9. The summed E-state index contributed by atoms with van der Waals surface area (Å²) in [5.41, 5.74) is 17.4. The van der Waals surface area contributed by atoms with Crippen LogP contribution in [-0.4, -0.2) is 0 Å². The highest BCUT2D eigenvalue weighted by Gasteiger charge is 2.36. The third-order valence-electron chi connectivity index (χ3n) is 11.9. The van der Waals surface area contributed by atoms with E-state index in [0.717, 1.165) is 29.9 Å². The van der Waals surface area contributed by atoms with Crippen molar-refractivity contribution in [3.8, 4) is 11.1 Å². The second-order valence-corrected chi connectivity index (χ2v) is 15.7. The van der Waals surface area contributed by atoms with Crippen LogP contribution in [0, 0.1) is 0 Å². The number of para-hydroxylation sites is 2. The summed E-state index contributed by atoms with van der Waals surface area (Å²) in [6.07, 6.45) is 11.2. The van der Waals surface area contributed by atoms with Crippen LogP contribution in [0.4, 0.5) is 34.1 Å². The van der Waals surface area contributed by atoms with Gasteiger partial charge in [0.15, 0.2) is 0 Å². The largest absolute Gasteiger partial charge is 0.311 e. The van der Waals surface area contributed by atoms with Crippen LogP contribution >= 0.6 is 0 Å². The number of fused-ring (bicyclic) bond motifs is 5. The van der Waals surface area contributed by atoms with Crippen LogP contribution in [0.15, 0.2) is 188 Å². The molecule has 0 aromatic heterocycles. The minimum atomic E-state index is -0.173. The molecule has 0 amide bonds. The molecule has 8 aromatic rings. The van der Waals surface area contributed by atoms with Gasteiger partial charge in [0, 0.05) is 39.2 Å². The van der Waals surface area contributed by atoms with Gasteiger partial charge in [0.05, 0.1) is 5.69 Å². The molecule has 274 valence electrons. The van der Waals surface area contributed by atoms with Crippen molar-refractivity contribution in [2.45, 2.75) is 32.1 Å². The molecule has 0 saturated heterocycles. The van der Waals surface area contributed by atoms with E-state index in [1.54, 1.807) is 0 Å². The summed E-state index contributed by atoms with van der Waals surface area (Å²) in [6.45, 7) is 4.77. The molecule has 0 N–H and O–H groups in total. The highest BCUT2D eigenvalue weighted by atomic mass is 15.1. The van der Waals surface area contributed by atoms with Crippen molar-refractivity contribution in [3.63, 3.8) is 0 Å². The molecular formula is C55H44N2. The monoisotopic (exact) mass is 732 g/mol. The van der Waals surface area contributed by atoms with E-state index in [2.05, 4.69) is 230 Å². The van der Waals surface area contributed by atoms with Crippen molar-refractivity contribution in [1.82, 2.24) is 0 Å². The fourth-order valence-electron chi connectivity index (χ4n) is 8.99. The molecule has 57 heavy (non-hydrogen) atoms. The Labute approximate surface area is 336 Å². The van der Waals surface area contributed by atoms with Gasteiger partial charge < -0.3 is 9.80 Å². The maximum atomic E-state index is 2.51. The average molecular weight is 733 g/mol. The normalized spacial score (nSPS) is 13.6. The van der Waals surface area contributed by atoms with E-state index in [9.17, 15) is 0 Å². The summed E-state index contributed by atoms with van der Waals surface area (Å²) < 4.78 is 0. The second kappa shape index (κ2) is 14.3. The molecular weight excluding hydrogens is 689 g/mol. The van der Waals surface area contributed by atoms with Gasteiger partial charge in [-0.15, -0.1) is 0 Å². The van der Waals surface area contributed by atoms with E-state index in [0.29, 0.717) is 0 Å². The Morgan fingerprint density at radius 3 is 1.82 bits per heavy atom. The molecule has 2 aliphatic rings. The lowest BCUT2D eigenvalue weighted by molar-refractivity contribution is 0.660. The van der Waals surface area contributed by atoms with Gasteiger partial charge in [0.1, 0.15) is 0 Å². The van der Waals surface area contributed by atoms with Crippen LogP contribution in [0.3, 0.4) is 0 Å². The van der Waals surface area contributed by atoms with Crippen molar-refractivity contribution in [1.29, 1.82) is 0 Å². The van der Waals surface area contributed by atoms with Crippen molar-refractivity contribution in [2.75, 3.05) is 9.80 Å². The summed E-state index contributed by atoms with van der Waals surface area (Å²) in [4.78, 5) is 4.81. The van der Waals surface area contributed by atoms with E-state index in [4.69, 9.17) is 0 Å². The summed E-state index contributed by atoms with van der Waals surface area (Å²) in [6, 6.07) is 66.3. The number of hydrogen-bond donors (Lipinski definition) is 0.